The molecule has 3 aromatic carbocycles. The third kappa shape index (κ3) is 8.48. The maximum Gasteiger partial charge on any atom is 0.416 e. The van der Waals surface area contributed by atoms with Crippen LogP contribution in [0.5, 0.6) is 11.5 Å². The number of amides is 1. The number of carbonyl (C=O) groups is 1. The van der Waals surface area contributed by atoms with Gasteiger partial charge in [0.1, 0.15) is 18.1 Å². The van der Waals surface area contributed by atoms with Crippen LogP contribution in [0.25, 0.3) is 11.1 Å². The summed E-state index contributed by atoms with van der Waals surface area (Å²) in [7, 11) is 3.39. The molecule has 39 heavy (non-hydrogen) atoms. The van der Waals surface area contributed by atoms with Gasteiger partial charge in [0.2, 0.25) is 5.91 Å². The van der Waals surface area contributed by atoms with Crippen molar-refractivity contribution in [3.63, 3.8) is 0 Å². The van der Waals surface area contributed by atoms with Crippen LogP contribution in [0.2, 0.25) is 0 Å². The predicted octanol–water partition coefficient (Wildman–Crippen LogP) is 6.39. The summed E-state index contributed by atoms with van der Waals surface area (Å²) in [6.07, 6.45) is -0.543. The van der Waals surface area contributed by atoms with Crippen LogP contribution in [0.15, 0.2) is 84.9 Å². The van der Waals surface area contributed by atoms with Crippen LogP contribution in [0.4, 0.5) is 13.2 Å². The molecule has 0 heterocycles. The summed E-state index contributed by atoms with van der Waals surface area (Å²) in [5.74, 6) is 0.734. The lowest BCUT2D eigenvalue weighted by Gasteiger charge is -2.17. The van der Waals surface area contributed by atoms with E-state index in [9.17, 15) is 23.1 Å². The van der Waals surface area contributed by atoms with E-state index in [-0.39, 0.29) is 11.7 Å². The first kappa shape index (κ1) is 29.5. The maximum atomic E-state index is 13.1. The molecule has 8 heteroatoms. The van der Waals surface area contributed by atoms with Crippen LogP contribution >= 0.6 is 0 Å². The molecule has 0 aliphatic carbocycles. The minimum absolute atomic E-state index is 0.0709. The molecule has 3 aromatic rings. The van der Waals surface area contributed by atoms with Crippen LogP contribution in [-0.2, 0) is 11.0 Å². The van der Waals surface area contributed by atoms with Gasteiger partial charge >= 0.3 is 6.18 Å². The fraction of sp³-hybridized carbons (Fsp3) is 0.258. The molecule has 0 bridgehead atoms. The molecule has 0 aliphatic rings. The Morgan fingerprint density at radius 3 is 2.03 bits per heavy atom. The van der Waals surface area contributed by atoms with Gasteiger partial charge in [-0.2, -0.15) is 13.2 Å². The minimum Gasteiger partial charge on any atom is -0.508 e. The molecule has 1 amide bonds. The Morgan fingerprint density at radius 2 is 1.49 bits per heavy atom. The number of hydrogen-bond donors (Lipinski definition) is 2. The second kappa shape index (κ2) is 13.7. The molecule has 3 rings (SSSR count). The van der Waals surface area contributed by atoms with Crippen LogP contribution in [-0.4, -0.2) is 49.7 Å². The number of phenols is 1. The Kier molecular flexibility index (Phi) is 10.3. The second-order valence-electron chi connectivity index (χ2n) is 9.04. The molecule has 0 fully saturated rings. The first-order valence-electron chi connectivity index (χ1n) is 12.6. The lowest BCUT2D eigenvalue weighted by Crippen LogP contribution is -2.22. The molecule has 206 valence electrons. The Bertz CT molecular complexity index is 1280. The van der Waals surface area contributed by atoms with Gasteiger partial charge in [0, 0.05) is 33.3 Å². The van der Waals surface area contributed by atoms with E-state index in [0.717, 1.165) is 34.4 Å². The van der Waals surface area contributed by atoms with Gasteiger partial charge in [-0.3, -0.25) is 4.79 Å². The number of phenolic OH excluding ortho intramolecular Hbond substituents is 1. The van der Waals surface area contributed by atoms with Crippen molar-refractivity contribution >= 4 is 17.1 Å². The van der Waals surface area contributed by atoms with E-state index in [1.54, 1.807) is 44.4 Å². The lowest BCUT2D eigenvalue weighted by molar-refractivity contribution is -0.137. The van der Waals surface area contributed by atoms with Crippen LogP contribution < -0.4 is 10.1 Å². The zero-order chi connectivity index (χ0) is 28.4. The van der Waals surface area contributed by atoms with E-state index in [4.69, 9.17) is 4.74 Å². The number of likely N-dealkylation sites (N-methyl/N-ethyl adjacent to an activating group) is 1. The number of alkyl halides is 3. The Hall–Kier alpha value is -4.04. The quantitative estimate of drug-likeness (QED) is 0.169. The largest absolute Gasteiger partial charge is 0.508 e. The molecule has 0 aliphatic heterocycles. The average molecular weight is 539 g/mol. The van der Waals surface area contributed by atoms with Gasteiger partial charge < -0.3 is 20.1 Å². The molecule has 0 spiro atoms. The average Bonchev–Trinajstić information content (AvgIpc) is 2.91. The highest BCUT2D eigenvalue weighted by molar-refractivity contribution is 5.98. The zero-order valence-electron chi connectivity index (χ0n) is 22.3. The van der Waals surface area contributed by atoms with Gasteiger partial charge in [-0.25, -0.2) is 0 Å². The summed E-state index contributed by atoms with van der Waals surface area (Å²) in [6.45, 7) is 3.53. The summed E-state index contributed by atoms with van der Waals surface area (Å²) < 4.78 is 45.2. The molecular formula is C31H33F3N2O3. The third-order valence-electron chi connectivity index (χ3n) is 6.03. The van der Waals surface area contributed by atoms with Crippen molar-refractivity contribution in [1.82, 2.24) is 10.2 Å². The van der Waals surface area contributed by atoms with E-state index in [1.807, 2.05) is 31.2 Å². The highest BCUT2D eigenvalue weighted by Crippen LogP contribution is 2.37. The van der Waals surface area contributed by atoms with Crippen molar-refractivity contribution < 1.29 is 27.8 Å². The summed E-state index contributed by atoms with van der Waals surface area (Å²) >= 11 is 0. The first-order chi connectivity index (χ1) is 18.6. The SMILES string of the molecule is CC/C(=C(\c1ccc(O)cc1)c1ccc(OCCNC/C=C/C(=O)N(C)C)cc1)c1ccc(C(F)(F)F)cc1. The molecule has 0 aromatic heterocycles. The van der Waals surface area contributed by atoms with E-state index in [2.05, 4.69) is 5.32 Å². The summed E-state index contributed by atoms with van der Waals surface area (Å²) in [4.78, 5) is 13.0. The Labute approximate surface area is 227 Å². The molecule has 0 radical (unpaired) electrons. The number of nitrogens with one attached hydrogen (secondary N) is 1. The normalized spacial score (nSPS) is 12.4. The first-order valence-corrected chi connectivity index (χ1v) is 12.6. The van der Waals surface area contributed by atoms with E-state index in [1.165, 1.54) is 23.1 Å². The number of carbonyl (C=O) groups excluding carboxylic acids is 1. The number of rotatable bonds is 11. The molecule has 5 nitrogen and oxygen atoms in total. The number of nitrogens with zero attached hydrogens (tertiary/aromatic N) is 1. The second-order valence-corrected chi connectivity index (χ2v) is 9.04. The van der Waals surface area contributed by atoms with Crippen molar-refractivity contribution in [2.24, 2.45) is 0 Å². The highest BCUT2D eigenvalue weighted by Gasteiger charge is 2.30. The van der Waals surface area contributed by atoms with Crippen molar-refractivity contribution in [1.29, 1.82) is 0 Å². The summed E-state index contributed by atoms with van der Waals surface area (Å²) in [5, 5.41) is 13.0. The minimum atomic E-state index is -4.40. The number of benzene rings is 3. The van der Waals surface area contributed by atoms with E-state index < -0.39 is 11.7 Å². The van der Waals surface area contributed by atoms with Crippen LogP contribution in [0.3, 0.4) is 0 Å². The lowest BCUT2D eigenvalue weighted by atomic mass is 9.88. The molecule has 0 atom stereocenters. The molecule has 0 saturated heterocycles. The number of aromatic hydroxyl groups is 1. The number of hydrogen-bond acceptors (Lipinski definition) is 4. The van der Waals surface area contributed by atoms with Gasteiger partial charge in [0.15, 0.2) is 0 Å². The molecule has 0 saturated carbocycles. The highest BCUT2D eigenvalue weighted by atomic mass is 19.4. The van der Waals surface area contributed by atoms with Gasteiger partial charge in [-0.05, 0) is 70.7 Å². The van der Waals surface area contributed by atoms with Crippen molar-refractivity contribution in [2.75, 3.05) is 33.8 Å². The summed E-state index contributed by atoms with van der Waals surface area (Å²) in [5.41, 5.74) is 3.46. The van der Waals surface area contributed by atoms with Gasteiger partial charge in [0.25, 0.3) is 0 Å². The predicted molar refractivity (Wildman–Crippen MR) is 148 cm³/mol. The van der Waals surface area contributed by atoms with Gasteiger partial charge in [-0.1, -0.05) is 49.4 Å². The number of ether oxygens (including phenoxy) is 1. The standard InChI is InChI=1S/C31H33F3N2O3/c1-4-28(22-7-13-25(14-8-22)31(32,33)34)30(23-9-15-26(37)16-10-23)24-11-17-27(18-12-24)39-21-20-35-19-5-6-29(38)36(2)3/h5-18,35,37H,4,19-21H2,1-3H3/b6-5+,30-28-. The Morgan fingerprint density at radius 1 is 0.923 bits per heavy atom. The molecular weight excluding hydrogens is 505 g/mol. The van der Waals surface area contributed by atoms with Crippen molar-refractivity contribution in [2.45, 2.75) is 19.5 Å². The van der Waals surface area contributed by atoms with E-state index >= 15 is 0 Å². The van der Waals surface area contributed by atoms with Gasteiger partial charge in [-0.15, -0.1) is 0 Å². The van der Waals surface area contributed by atoms with E-state index in [0.29, 0.717) is 37.4 Å². The number of allylic oxidation sites excluding steroid dienone is 1. The van der Waals surface area contributed by atoms with Crippen molar-refractivity contribution in [3.05, 3.63) is 107 Å². The fourth-order valence-corrected chi connectivity index (χ4v) is 3.98. The topological polar surface area (TPSA) is 61.8 Å². The molecule has 2 N–H and O–H groups in total. The smallest absolute Gasteiger partial charge is 0.416 e. The number of halogens is 3. The third-order valence-corrected chi connectivity index (χ3v) is 6.03. The summed E-state index contributed by atoms with van der Waals surface area (Å²) in [6, 6.07) is 19.5. The molecule has 0 unspecified atom stereocenters. The van der Waals surface area contributed by atoms with Gasteiger partial charge in [0.05, 0.1) is 5.56 Å². The monoisotopic (exact) mass is 538 g/mol. The van der Waals surface area contributed by atoms with Crippen LogP contribution in [0.1, 0.15) is 35.6 Å². The van der Waals surface area contributed by atoms with Crippen LogP contribution in [0, 0.1) is 0 Å². The zero-order valence-corrected chi connectivity index (χ0v) is 22.3. The fourth-order valence-electron chi connectivity index (χ4n) is 3.98. The maximum absolute atomic E-state index is 13.1. The Balaban J connectivity index is 1.79. The van der Waals surface area contributed by atoms with Crippen molar-refractivity contribution in [3.8, 4) is 11.5 Å².